The van der Waals surface area contributed by atoms with Crippen molar-refractivity contribution in [2.75, 3.05) is 6.54 Å². The number of hydrogen-bond donors (Lipinski definition) is 1. The fourth-order valence-electron chi connectivity index (χ4n) is 3.73. The van der Waals surface area contributed by atoms with E-state index in [9.17, 15) is 4.79 Å². The molecule has 0 bridgehead atoms. The first-order chi connectivity index (χ1) is 12.2. The highest BCUT2D eigenvalue weighted by molar-refractivity contribution is 5.76. The fourth-order valence-corrected chi connectivity index (χ4v) is 3.73. The van der Waals surface area contributed by atoms with Gasteiger partial charge in [0.25, 0.3) is 0 Å². The van der Waals surface area contributed by atoms with Crippen molar-refractivity contribution >= 4 is 5.91 Å². The minimum Gasteiger partial charge on any atom is -0.368 e. The Morgan fingerprint density at radius 2 is 2.24 bits per heavy atom. The lowest BCUT2D eigenvalue weighted by Gasteiger charge is -2.24. The van der Waals surface area contributed by atoms with Crippen LogP contribution < -0.4 is 5.32 Å². The van der Waals surface area contributed by atoms with Gasteiger partial charge in [0.1, 0.15) is 5.69 Å². The van der Waals surface area contributed by atoms with E-state index in [1.54, 1.807) is 10.9 Å². The molecule has 8 nitrogen and oxygen atoms in total. The van der Waals surface area contributed by atoms with E-state index in [2.05, 4.69) is 20.7 Å². The number of aromatic nitrogens is 5. The summed E-state index contributed by atoms with van der Waals surface area (Å²) >= 11 is 0. The predicted molar refractivity (Wildman–Crippen MR) is 90.4 cm³/mol. The van der Waals surface area contributed by atoms with E-state index in [1.165, 1.54) is 25.7 Å². The van der Waals surface area contributed by atoms with E-state index in [0.717, 1.165) is 17.0 Å². The zero-order valence-corrected chi connectivity index (χ0v) is 14.5. The number of hydrogen-bond acceptors (Lipinski definition) is 5. The van der Waals surface area contributed by atoms with Gasteiger partial charge < -0.3 is 10.1 Å². The topological polar surface area (TPSA) is 86.9 Å². The summed E-state index contributed by atoms with van der Waals surface area (Å²) in [6.07, 6.45) is 9.17. The van der Waals surface area contributed by atoms with Crippen LogP contribution in [0.1, 0.15) is 37.8 Å². The minimum absolute atomic E-state index is 0.0662. The van der Waals surface area contributed by atoms with Gasteiger partial charge in [-0.25, -0.2) is 4.68 Å². The highest BCUT2D eigenvalue weighted by Gasteiger charge is 2.25. The van der Waals surface area contributed by atoms with Crippen LogP contribution in [0.15, 0.2) is 12.4 Å². The van der Waals surface area contributed by atoms with Gasteiger partial charge in [-0.05, 0) is 18.8 Å². The number of nitrogens with zero attached hydrogens (tertiary/aromatic N) is 5. The van der Waals surface area contributed by atoms with Crippen LogP contribution in [0.25, 0.3) is 11.3 Å². The Labute approximate surface area is 146 Å². The van der Waals surface area contributed by atoms with Crippen molar-refractivity contribution in [1.29, 1.82) is 0 Å². The molecule has 1 saturated carbocycles. The lowest BCUT2D eigenvalue weighted by atomic mass is 10.0. The Hall–Kier alpha value is -2.22. The first kappa shape index (κ1) is 16.3. The molecule has 1 fully saturated rings. The molecule has 134 valence electrons. The second kappa shape index (κ2) is 6.95. The average Bonchev–Trinajstić information content (AvgIpc) is 3.33. The molecule has 1 aliphatic heterocycles. The maximum Gasteiger partial charge on any atom is 0.220 e. The first-order valence-electron chi connectivity index (χ1n) is 8.98. The fraction of sp³-hybridized carbons (Fsp3) is 0.647. The van der Waals surface area contributed by atoms with Crippen LogP contribution in [0.5, 0.6) is 0 Å². The molecule has 4 rings (SSSR count). The van der Waals surface area contributed by atoms with Crippen LogP contribution in [-0.2, 0) is 29.7 Å². The third-order valence-electron chi connectivity index (χ3n) is 5.12. The van der Waals surface area contributed by atoms with Gasteiger partial charge in [0.15, 0.2) is 0 Å². The summed E-state index contributed by atoms with van der Waals surface area (Å²) in [7, 11) is 1.88. The number of fused-ring (bicyclic) bond motifs is 1. The van der Waals surface area contributed by atoms with E-state index in [1.807, 2.05) is 17.9 Å². The molecule has 0 radical (unpaired) electrons. The molecule has 1 aliphatic carbocycles. The summed E-state index contributed by atoms with van der Waals surface area (Å²) in [5, 5.41) is 15.7. The second-order valence-electron chi connectivity index (χ2n) is 7.06. The molecule has 2 aliphatic rings. The summed E-state index contributed by atoms with van der Waals surface area (Å²) in [5.41, 5.74) is 2.72. The summed E-state index contributed by atoms with van der Waals surface area (Å²) < 4.78 is 9.53. The number of carbonyl (C=O) groups excluding carboxylic acids is 1. The van der Waals surface area contributed by atoms with Crippen molar-refractivity contribution in [3.8, 4) is 11.3 Å². The highest BCUT2D eigenvalue weighted by Crippen LogP contribution is 2.27. The summed E-state index contributed by atoms with van der Waals surface area (Å²) in [6, 6.07) is 0. The number of rotatable bonds is 5. The van der Waals surface area contributed by atoms with Crippen LogP contribution in [-0.4, -0.2) is 43.3 Å². The Balaban J connectivity index is 1.32. The van der Waals surface area contributed by atoms with E-state index < -0.39 is 0 Å². The number of nitrogens with one attached hydrogen (secondary N) is 1. The molecule has 0 spiro atoms. The number of aryl methyl sites for hydroxylation is 1. The normalized spacial score (nSPS) is 20.6. The van der Waals surface area contributed by atoms with Crippen LogP contribution in [0.4, 0.5) is 0 Å². The first-order valence-corrected chi connectivity index (χ1v) is 8.98. The third-order valence-corrected chi connectivity index (χ3v) is 5.12. The molecule has 25 heavy (non-hydrogen) atoms. The molecule has 2 aromatic heterocycles. The Morgan fingerprint density at radius 1 is 1.40 bits per heavy atom. The Kier molecular flexibility index (Phi) is 4.52. The smallest absolute Gasteiger partial charge is 0.220 e. The van der Waals surface area contributed by atoms with Gasteiger partial charge in [0.2, 0.25) is 5.91 Å². The quantitative estimate of drug-likeness (QED) is 0.883. The van der Waals surface area contributed by atoms with Crippen molar-refractivity contribution < 1.29 is 9.53 Å². The minimum atomic E-state index is -0.0662. The molecular weight excluding hydrogens is 320 g/mol. The lowest BCUT2D eigenvalue weighted by Crippen LogP contribution is -2.39. The Bertz CT molecular complexity index is 746. The van der Waals surface area contributed by atoms with E-state index >= 15 is 0 Å². The Morgan fingerprint density at radius 3 is 3.00 bits per heavy atom. The monoisotopic (exact) mass is 344 g/mol. The summed E-state index contributed by atoms with van der Waals surface area (Å²) in [6.45, 7) is 1.57. The highest BCUT2D eigenvalue weighted by atomic mass is 16.5. The second-order valence-corrected chi connectivity index (χ2v) is 7.06. The van der Waals surface area contributed by atoms with Crippen molar-refractivity contribution in [1.82, 2.24) is 30.1 Å². The molecule has 1 amide bonds. The maximum atomic E-state index is 12.1. The molecule has 1 N–H and O–H groups in total. The molecule has 2 aromatic rings. The average molecular weight is 344 g/mol. The van der Waals surface area contributed by atoms with Gasteiger partial charge in [-0.3, -0.25) is 9.48 Å². The molecular formula is C17H24N6O2. The van der Waals surface area contributed by atoms with Crippen LogP contribution in [0, 0.1) is 5.92 Å². The van der Waals surface area contributed by atoms with Crippen molar-refractivity contribution in [2.45, 2.75) is 51.4 Å². The predicted octanol–water partition coefficient (Wildman–Crippen LogP) is 1.27. The van der Waals surface area contributed by atoms with Crippen molar-refractivity contribution in [2.24, 2.45) is 13.0 Å². The van der Waals surface area contributed by atoms with Gasteiger partial charge in [-0.15, -0.1) is 5.10 Å². The van der Waals surface area contributed by atoms with Gasteiger partial charge in [0, 0.05) is 31.8 Å². The zero-order valence-electron chi connectivity index (χ0n) is 14.5. The maximum absolute atomic E-state index is 12.1. The van der Waals surface area contributed by atoms with Crippen LogP contribution in [0.3, 0.4) is 0 Å². The third kappa shape index (κ3) is 3.58. The summed E-state index contributed by atoms with van der Waals surface area (Å²) in [4.78, 5) is 12.1. The van der Waals surface area contributed by atoms with Gasteiger partial charge in [-0.1, -0.05) is 18.1 Å². The molecule has 3 heterocycles. The standard InChI is InChI=1S/C17H24N6O2/c1-22-9-13(7-19-22)17-15-11-25-14(10-23(15)21-20-17)8-18-16(24)6-12-4-2-3-5-12/h7,9,12,14H,2-6,8,10-11H2,1H3,(H,18,24). The number of ether oxygens (including phenoxy) is 1. The van der Waals surface area contributed by atoms with Gasteiger partial charge in [0.05, 0.1) is 31.1 Å². The molecule has 1 atom stereocenters. The number of carbonyl (C=O) groups is 1. The van der Waals surface area contributed by atoms with E-state index in [0.29, 0.717) is 32.0 Å². The van der Waals surface area contributed by atoms with Crippen molar-refractivity contribution in [3.63, 3.8) is 0 Å². The molecule has 0 aromatic carbocycles. The largest absolute Gasteiger partial charge is 0.368 e. The summed E-state index contributed by atoms with van der Waals surface area (Å²) in [5.74, 6) is 0.701. The number of amides is 1. The van der Waals surface area contributed by atoms with E-state index in [-0.39, 0.29) is 12.0 Å². The van der Waals surface area contributed by atoms with Crippen LogP contribution in [0.2, 0.25) is 0 Å². The lowest BCUT2D eigenvalue weighted by molar-refractivity contribution is -0.123. The van der Waals surface area contributed by atoms with Gasteiger partial charge >= 0.3 is 0 Å². The molecule has 8 heteroatoms. The molecule has 0 saturated heterocycles. The van der Waals surface area contributed by atoms with Gasteiger partial charge in [-0.2, -0.15) is 5.10 Å². The van der Waals surface area contributed by atoms with E-state index in [4.69, 9.17) is 4.74 Å². The van der Waals surface area contributed by atoms with Crippen LogP contribution >= 0.6 is 0 Å². The van der Waals surface area contributed by atoms with Crippen molar-refractivity contribution in [3.05, 3.63) is 18.1 Å². The zero-order chi connectivity index (χ0) is 17.2. The molecule has 1 unspecified atom stereocenters. The SMILES string of the molecule is Cn1cc(-c2nnn3c2COC(CNC(=O)CC2CCCC2)C3)cn1.